The van der Waals surface area contributed by atoms with Crippen LogP contribution in [0, 0.1) is 0 Å². The van der Waals surface area contributed by atoms with Crippen molar-refractivity contribution in [1.29, 1.82) is 0 Å². The molecule has 1 fully saturated rings. The van der Waals surface area contributed by atoms with Gasteiger partial charge in [0.1, 0.15) is 0 Å². The van der Waals surface area contributed by atoms with Crippen LogP contribution in [0.2, 0.25) is 0 Å². The summed E-state index contributed by atoms with van der Waals surface area (Å²) in [7, 11) is -2.89. The van der Waals surface area contributed by atoms with Crippen molar-refractivity contribution in [2.45, 2.75) is 50.5 Å². The van der Waals surface area contributed by atoms with E-state index >= 15 is 0 Å². The average Bonchev–Trinajstić information content (AvgIpc) is 4.32. The van der Waals surface area contributed by atoms with Gasteiger partial charge in [0.2, 0.25) is 17.8 Å². The summed E-state index contributed by atoms with van der Waals surface area (Å²) in [6, 6.07) is 91.8. The maximum atomic E-state index is 5.77. The van der Waals surface area contributed by atoms with Crippen molar-refractivity contribution in [3.05, 3.63) is 254 Å². The van der Waals surface area contributed by atoms with E-state index in [1.54, 1.807) is 0 Å². The van der Waals surface area contributed by atoms with E-state index in [2.05, 4.69) is 281 Å². The van der Waals surface area contributed by atoms with Crippen molar-refractivity contribution in [3.8, 4) is 17.6 Å². The second-order valence-corrected chi connectivity index (χ2v) is 26.0. The Morgan fingerprint density at radius 1 is 0.367 bits per heavy atom. The number of nitrogens with zero attached hydrogens (tertiary/aromatic N) is 7. The summed E-state index contributed by atoms with van der Waals surface area (Å²) in [4.78, 5) is 19.6. The monoisotopic (exact) mass is 1030 g/mol. The number of aromatic nitrogens is 6. The maximum Gasteiger partial charge on any atom is 0.241 e. The SMILES string of the molecule is CC12CCCCC1(C)N(c1nc(-n3c4ccccc4c4ccccc43)nc(-n3c4ccccc4c4c3ccc3c5ccccc5n(-c5cccc([Si](c6ccccc6)(c6ccccc6)c6ccccc6)c5)c34)n1)c1ccccc12. The van der Waals surface area contributed by atoms with Crippen molar-refractivity contribution in [3.63, 3.8) is 0 Å². The minimum Gasteiger partial charge on any atom is -0.309 e. The summed E-state index contributed by atoms with van der Waals surface area (Å²) in [5, 5.41) is 12.3. The Kier molecular flexibility index (Phi) is 10.0. The van der Waals surface area contributed by atoms with Crippen molar-refractivity contribution < 1.29 is 0 Å². The van der Waals surface area contributed by atoms with E-state index in [0.29, 0.717) is 17.8 Å². The second-order valence-electron chi connectivity index (χ2n) is 22.2. The molecule has 14 aromatic rings. The Balaban J connectivity index is 0.995. The average molecular weight is 1030 g/mol. The molecule has 0 spiro atoms. The van der Waals surface area contributed by atoms with E-state index < -0.39 is 8.07 Å². The first kappa shape index (κ1) is 45.8. The summed E-state index contributed by atoms with van der Waals surface area (Å²) in [6.45, 7) is 4.92. The summed E-state index contributed by atoms with van der Waals surface area (Å²) >= 11 is 0. The fourth-order valence-electron chi connectivity index (χ4n) is 14.7. The molecule has 8 heteroatoms. The van der Waals surface area contributed by atoms with Crippen LogP contribution in [0.4, 0.5) is 11.6 Å². The van der Waals surface area contributed by atoms with Gasteiger partial charge in [0.15, 0.2) is 8.07 Å². The molecule has 10 aromatic carbocycles. The molecule has 1 aliphatic carbocycles. The molecule has 79 heavy (non-hydrogen) atoms. The quantitative estimate of drug-likeness (QED) is 0.112. The van der Waals surface area contributed by atoms with Crippen molar-refractivity contribution >= 4 is 106 Å². The molecule has 0 bridgehead atoms. The van der Waals surface area contributed by atoms with E-state index in [9.17, 15) is 0 Å². The molecule has 0 N–H and O–H groups in total. The molecule has 2 atom stereocenters. The maximum absolute atomic E-state index is 5.77. The molecule has 0 amide bonds. The molecule has 4 aromatic heterocycles. The lowest BCUT2D eigenvalue weighted by atomic mass is 9.61. The van der Waals surface area contributed by atoms with Crippen LogP contribution in [0.25, 0.3) is 83.0 Å². The van der Waals surface area contributed by atoms with Gasteiger partial charge in [-0.2, -0.15) is 15.0 Å². The van der Waals surface area contributed by atoms with Gasteiger partial charge in [0.05, 0.1) is 38.6 Å². The minimum absolute atomic E-state index is 0.101. The Hall–Kier alpha value is -9.37. The Morgan fingerprint density at radius 3 is 1.43 bits per heavy atom. The van der Waals surface area contributed by atoms with Crippen LogP contribution in [0.3, 0.4) is 0 Å². The fraction of sp³-hybridized carbons (Fsp3) is 0.113. The Bertz CT molecular complexity index is 4580. The lowest BCUT2D eigenvalue weighted by Crippen LogP contribution is -2.74. The molecule has 1 aliphatic heterocycles. The van der Waals surface area contributed by atoms with Gasteiger partial charge in [-0.15, -0.1) is 0 Å². The number of benzene rings is 10. The molecule has 378 valence electrons. The van der Waals surface area contributed by atoms with E-state index in [4.69, 9.17) is 15.0 Å². The van der Waals surface area contributed by atoms with Crippen LogP contribution in [0.5, 0.6) is 0 Å². The molecule has 2 aliphatic rings. The minimum atomic E-state index is -2.89. The molecule has 0 radical (unpaired) electrons. The fourth-order valence-corrected chi connectivity index (χ4v) is 19.5. The third kappa shape index (κ3) is 6.37. The molecule has 1 saturated carbocycles. The molecule has 16 rings (SSSR count). The van der Waals surface area contributed by atoms with Gasteiger partial charge in [-0.1, -0.05) is 220 Å². The topological polar surface area (TPSA) is 56.7 Å². The highest BCUT2D eigenvalue weighted by atomic mass is 28.3. The molecule has 5 heterocycles. The largest absolute Gasteiger partial charge is 0.309 e. The van der Waals surface area contributed by atoms with E-state index in [0.717, 1.165) is 79.6 Å². The zero-order valence-corrected chi connectivity index (χ0v) is 45.1. The highest BCUT2D eigenvalue weighted by Crippen LogP contribution is 2.60. The third-order valence-electron chi connectivity index (χ3n) is 18.4. The molecule has 2 unspecified atom stereocenters. The van der Waals surface area contributed by atoms with E-state index in [1.165, 1.54) is 49.2 Å². The van der Waals surface area contributed by atoms with Crippen LogP contribution in [-0.2, 0) is 5.41 Å². The van der Waals surface area contributed by atoms with Crippen LogP contribution in [0.15, 0.2) is 249 Å². The number of anilines is 2. The second kappa shape index (κ2) is 17.3. The van der Waals surface area contributed by atoms with Crippen molar-refractivity contribution in [2.24, 2.45) is 0 Å². The number of hydrogen-bond acceptors (Lipinski definition) is 4. The van der Waals surface area contributed by atoms with Gasteiger partial charge in [0, 0.05) is 49.1 Å². The third-order valence-corrected chi connectivity index (χ3v) is 23.2. The van der Waals surface area contributed by atoms with Gasteiger partial charge in [-0.05, 0) is 94.6 Å². The molecular weight excluding hydrogens is 979 g/mol. The normalized spacial score (nSPS) is 17.4. The van der Waals surface area contributed by atoms with Crippen molar-refractivity contribution in [2.75, 3.05) is 4.90 Å². The first-order valence-corrected chi connectivity index (χ1v) is 29.8. The summed E-state index contributed by atoms with van der Waals surface area (Å²) < 4.78 is 7.10. The van der Waals surface area contributed by atoms with E-state index in [1.807, 2.05) is 0 Å². The lowest BCUT2D eigenvalue weighted by molar-refractivity contribution is 0.193. The first-order valence-electron chi connectivity index (χ1n) is 27.8. The molecule has 7 nitrogen and oxygen atoms in total. The summed E-state index contributed by atoms with van der Waals surface area (Å²) in [6.07, 6.45) is 4.45. The van der Waals surface area contributed by atoms with Crippen molar-refractivity contribution in [1.82, 2.24) is 28.7 Å². The number of fused-ring (bicyclic) bond motifs is 13. The number of para-hydroxylation sites is 5. The molecule has 0 saturated heterocycles. The Labute approximate surface area is 459 Å². The van der Waals surface area contributed by atoms with Gasteiger partial charge in [-0.3, -0.25) is 9.13 Å². The number of hydrogen-bond donors (Lipinski definition) is 0. The molecular formula is C71H55N7Si. The van der Waals surface area contributed by atoms with Crippen LogP contribution >= 0.6 is 0 Å². The zero-order chi connectivity index (χ0) is 52.5. The smallest absolute Gasteiger partial charge is 0.241 e. The highest BCUT2D eigenvalue weighted by molar-refractivity contribution is 7.19. The number of rotatable bonds is 8. The van der Waals surface area contributed by atoms with Gasteiger partial charge in [-0.25, -0.2) is 0 Å². The predicted octanol–water partition coefficient (Wildman–Crippen LogP) is 14.3. The van der Waals surface area contributed by atoms with Gasteiger partial charge >= 0.3 is 0 Å². The lowest BCUT2D eigenvalue weighted by Gasteiger charge is -2.49. The van der Waals surface area contributed by atoms with E-state index in [-0.39, 0.29) is 11.0 Å². The summed E-state index contributed by atoms with van der Waals surface area (Å²) in [5.41, 5.74) is 9.72. The zero-order valence-electron chi connectivity index (χ0n) is 44.1. The van der Waals surface area contributed by atoms with Crippen LogP contribution in [-0.4, -0.2) is 42.3 Å². The Morgan fingerprint density at radius 2 is 0.823 bits per heavy atom. The first-order chi connectivity index (χ1) is 39.0. The predicted molar refractivity (Wildman–Crippen MR) is 329 cm³/mol. The highest BCUT2D eigenvalue weighted by Gasteiger charge is 2.58. The standard InChI is InChI=1S/C71H55N7Si/c1-70-45-22-23-46-71(70,2)78(63-42-21-16-37-58(63)70)69-73-67(76-60-39-18-12-33-53(60)54-34-13-19-40-61(54)76)72-68(74-69)77-62-41-20-15-36-57(62)65-64(77)44-43-56-55-35-14-17-38-59(55)75(66(56)65)48-25-24-32-52(47-48)79(49-26-6-3-7-27-49,50-28-8-4-9-29-50)51-30-10-5-11-31-51/h3-21,24-44,47H,22-23,45-46H2,1-2H3. The van der Waals surface area contributed by atoms with Crippen LogP contribution < -0.4 is 25.6 Å². The summed E-state index contributed by atoms with van der Waals surface area (Å²) in [5.74, 6) is 1.82. The van der Waals surface area contributed by atoms with Gasteiger partial charge < -0.3 is 9.47 Å². The van der Waals surface area contributed by atoms with Crippen LogP contribution in [0.1, 0.15) is 45.1 Å². The van der Waals surface area contributed by atoms with Gasteiger partial charge in [0.25, 0.3) is 0 Å².